The second-order valence-corrected chi connectivity index (χ2v) is 4.08. The lowest BCUT2D eigenvalue weighted by Gasteiger charge is -2.07. The molecular formula is C12H11F3N2O2. The van der Waals surface area contributed by atoms with Crippen LogP contribution < -0.4 is 0 Å². The molecule has 7 heteroatoms. The van der Waals surface area contributed by atoms with Crippen molar-refractivity contribution in [3.63, 3.8) is 0 Å². The Kier molecular flexibility index (Phi) is 3.21. The Morgan fingerprint density at radius 2 is 2.11 bits per heavy atom. The maximum atomic E-state index is 12.5. The molecule has 0 atom stereocenters. The normalized spacial score (nSPS) is 11.8. The molecule has 0 spiro atoms. The summed E-state index contributed by atoms with van der Waals surface area (Å²) in [7, 11) is 1.16. The zero-order chi connectivity index (χ0) is 14.2. The van der Waals surface area contributed by atoms with Crippen LogP contribution in [0.4, 0.5) is 13.2 Å². The van der Waals surface area contributed by atoms with Gasteiger partial charge >= 0.3 is 12.1 Å². The Morgan fingerprint density at radius 3 is 2.68 bits per heavy atom. The average molecular weight is 272 g/mol. The Hall–Kier alpha value is -2.05. The number of alkyl halides is 3. The van der Waals surface area contributed by atoms with Gasteiger partial charge in [0.1, 0.15) is 6.54 Å². The van der Waals surface area contributed by atoms with Crippen molar-refractivity contribution >= 4 is 16.9 Å². The van der Waals surface area contributed by atoms with Crippen LogP contribution in [0.15, 0.2) is 18.2 Å². The van der Waals surface area contributed by atoms with E-state index in [-0.39, 0.29) is 11.2 Å². The van der Waals surface area contributed by atoms with E-state index >= 15 is 0 Å². The van der Waals surface area contributed by atoms with E-state index in [9.17, 15) is 18.0 Å². The van der Waals surface area contributed by atoms with Crippen molar-refractivity contribution < 1.29 is 22.7 Å². The maximum Gasteiger partial charge on any atom is 0.408 e. The first-order chi connectivity index (χ1) is 8.83. The van der Waals surface area contributed by atoms with Gasteiger partial charge in [-0.1, -0.05) is 12.1 Å². The molecule has 0 aliphatic carbocycles. The van der Waals surface area contributed by atoms with Crippen molar-refractivity contribution in [2.24, 2.45) is 0 Å². The minimum absolute atomic E-state index is 0.0974. The molecule has 0 N–H and O–H groups in total. The van der Waals surface area contributed by atoms with Crippen LogP contribution in [-0.4, -0.2) is 29.0 Å². The van der Waals surface area contributed by atoms with Crippen molar-refractivity contribution in [1.29, 1.82) is 0 Å². The highest BCUT2D eigenvalue weighted by molar-refractivity contribution is 6.03. The quantitative estimate of drug-likeness (QED) is 0.789. The molecule has 0 radical (unpaired) electrons. The van der Waals surface area contributed by atoms with E-state index in [4.69, 9.17) is 0 Å². The lowest BCUT2D eigenvalue weighted by atomic mass is 10.1. The smallest absolute Gasteiger partial charge is 0.408 e. The minimum atomic E-state index is -4.41. The number of carbonyl (C=O) groups excluding carboxylic acids is 1. The van der Waals surface area contributed by atoms with Gasteiger partial charge in [-0.15, -0.1) is 0 Å². The highest BCUT2D eigenvalue weighted by Crippen LogP contribution is 2.26. The summed E-state index contributed by atoms with van der Waals surface area (Å²) in [5, 5.41) is 4.12. The molecule has 2 rings (SSSR count). The number of halogens is 3. The van der Waals surface area contributed by atoms with Gasteiger partial charge in [-0.05, 0) is 18.6 Å². The second kappa shape index (κ2) is 4.56. The van der Waals surface area contributed by atoms with Crippen LogP contribution in [0.3, 0.4) is 0 Å². The third-order valence-corrected chi connectivity index (χ3v) is 2.69. The number of benzene rings is 1. The molecule has 1 aromatic heterocycles. The van der Waals surface area contributed by atoms with Crippen molar-refractivity contribution in [3.8, 4) is 0 Å². The Bertz CT molecular complexity index is 632. The molecule has 102 valence electrons. The number of aromatic nitrogens is 2. The summed E-state index contributed by atoms with van der Waals surface area (Å²) in [6.45, 7) is 0.457. The summed E-state index contributed by atoms with van der Waals surface area (Å²) in [5.41, 5.74) is 0.837. The summed E-state index contributed by atoms with van der Waals surface area (Å²) in [5.74, 6) is -0.750. The van der Waals surface area contributed by atoms with Crippen LogP contribution in [0.5, 0.6) is 0 Å². The molecule has 1 aromatic carbocycles. The van der Waals surface area contributed by atoms with Crippen LogP contribution in [-0.2, 0) is 11.3 Å². The number of fused-ring (bicyclic) bond motifs is 1. The fraction of sp³-hybridized carbons (Fsp3) is 0.333. The van der Waals surface area contributed by atoms with Crippen LogP contribution >= 0.6 is 0 Å². The van der Waals surface area contributed by atoms with Gasteiger partial charge in [0.2, 0.25) is 0 Å². The molecule has 4 nitrogen and oxygen atoms in total. The Balaban J connectivity index is 2.67. The van der Waals surface area contributed by atoms with Crippen molar-refractivity contribution in [3.05, 3.63) is 29.5 Å². The number of methoxy groups -OCH3 is 1. The minimum Gasteiger partial charge on any atom is -0.464 e. The second-order valence-electron chi connectivity index (χ2n) is 4.08. The van der Waals surface area contributed by atoms with E-state index in [1.54, 1.807) is 19.1 Å². The number of hydrogen-bond donors (Lipinski definition) is 0. The zero-order valence-electron chi connectivity index (χ0n) is 10.3. The number of rotatable bonds is 2. The molecular weight excluding hydrogens is 261 g/mol. The molecule has 0 aliphatic rings. The summed E-state index contributed by atoms with van der Waals surface area (Å²) >= 11 is 0. The van der Waals surface area contributed by atoms with Gasteiger partial charge in [0.15, 0.2) is 5.69 Å². The monoisotopic (exact) mass is 272 g/mol. The maximum absolute atomic E-state index is 12.5. The van der Waals surface area contributed by atoms with Gasteiger partial charge in [0, 0.05) is 5.39 Å². The van der Waals surface area contributed by atoms with Gasteiger partial charge in [-0.2, -0.15) is 18.3 Å². The Labute approximate surface area is 106 Å². The van der Waals surface area contributed by atoms with Gasteiger partial charge < -0.3 is 4.74 Å². The van der Waals surface area contributed by atoms with Gasteiger partial charge in [0.25, 0.3) is 0 Å². The standard InChI is InChI=1S/C12H11F3N2O2/c1-7-4-3-5-8-9(7)10(11(18)19-2)16-17(8)6-12(13,14)15/h3-5H,6H2,1-2H3. The molecule has 0 aliphatic heterocycles. The van der Waals surface area contributed by atoms with E-state index in [0.29, 0.717) is 10.9 Å². The summed E-state index contributed by atoms with van der Waals surface area (Å²) < 4.78 is 42.8. The average Bonchev–Trinajstić information content (AvgIpc) is 2.66. The molecule has 0 saturated carbocycles. The van der Waals surface area contributed by atoms with E-state index in [0.717, 1.165) is 11.8 Å². The fourth-order valence-electron chi connectivity index (χ4n) is 1.93. The first kappa shape index (κ1) is 13.4. The third-order valence-electron chi connectivity index (χ3n) is 2.69. The number of carbonyl (C=O) groups is 1. The number of hydrogen-bond acceptors (Lipinski definition) is 3. The van der Waals surface area contributed by atoms with Crippen LogP contribution in [0.25, 0.3) is 10.9 Å². The fourth-order valence-corrected chi connectivity index (χ4v) is 1.93. The number of aryl methyl sites for hydroxylation is 1. The summed E-state index contributed by atoms with van der Waals surface area (Å²) in [6.07, 6.45) is -4.41. The molecule has 1 heterocycles. The zero-order valence-corrected chi connectivity index (χ0v) is 10.3. The number of nitrogens with zero attached hydrogens (tertiary/aromatic N) is 2. The lowest BCUT2D eigenvalue weighted by Crippen LogP contribution is -2.19. The lowest BCUT2D eigenvalue weighted by molar-refractivity contribution is -0.141. The summed E-state index contributed by atoms with van der Waals surface area (Å²) in [4.78, 5) is 11.6. The van der Waals surface area contributed by atoms with E-state index in [1.165, 1.54) is 6.07 Å². The predicted octanol–water partition coefficient (Wildman–Crippen LogP) is 2.69. The van der Waals surface area contributed by atoms with Crippen LogP contribution in [0.2, 0.25) is 0 Å². The molecule has 0 fully saturated rings. The predicted molar refractivity (Wildman–Crippen MR) is 61.9 cm³/mol. The molecule has 0 saturated heterocycles. The Morgan fingerprint density at radius 1 is 1.42 bits per heavy atom. The van der Waals surface area contributed by atoms with Crippen LogP contribution in [0.1, 0.15) is 16.1 Å². The van der Waals surface area contributed by atoms with Crippen molar-refractivity contribution in [2.75, 3.05) is 7.11 Å². The largest absolute Gasteiger partial charge is 0.464 e. The first-order valence-electron chi connectivity index (χ1n) is 5.44. The molecule has 0 bridgehead atoms. The van der Waals surface area contributed by atoms with Gasteiger partial charge in [0.05, 0.1) is 12.6 Å². The number of esters is 1. The number of ether oxygens (including phenoxy) is 1. The van der Waals surface area contributed by atoms with Gasteiger partial charge in [-0.3, -0.25) is 4.68 Å². The molecule has 19 heavy (non-hydrogen) atoms. The molecule has 0 amide bonds. The van der Waals surface area contributed by atoms with Gasteiger partial charge in [-0.25, -0.2) is 4.79 Å². The SMILES string of the molecule is COC(=O)c1nn(CC(F)(F)F)c2cccc(C)c12. The first-order valence-corrected chi connectivity index (χ1v) is 5.44. The highest BCUT2D eigenvalue weighted by atomic mass is 19.4. The highest BCUT2D eigenvalue weighted by Gasteiger charge is 2.31. The van der Waals surface area contributed by atoms with E-state index < -0.39 is 18.7 Å². The topological polar surface area (TPSA) is 44.1 Å². The molecule has 2 aromatic rings. The third kappa shape index (κ3) is 2.54. The van der Waals surface area contributed by atoms with Crippen molar-refractivity contribution in [2.45, 2.75) is 19.6 Å². The van der Waals surface area contributed by atoms with Crippen LogP contribution in [0, 0.1) is 6.92 Å². The van der Waals surface area contributed by atoms with E-state index in [2.05, 4.69) is 9.84 Å². The molecule has 0 unspecified atom stereocenters. The summed E-state index contributed by atoms with van der Waals surface area (Å²) in [6, 6.07) is 4.81. The van der Waals surface area contributed by atoms with E-state index in [1.807, 2.05) is 0 Å². The van der Waals surface area contributed by atoms with Crippen molar-refractivity contribution in [1.82, 2.24) is 9.78 Å².